The summed E-state index contributed by atoms with van der Waals surface area (Å²) < 4.78 is 11.6. The maximum Gasteiger partial charge on any atom is 0.0628 e. The second-order valence-electron chi connectivity index (χ2n) is 8.45. The number of hydrogen-bond donors (Lipinski definition) is 0. The van der Waals surface area contributed by atoms with Gasteiger partial charge in [0.15, 0.2) is 0 Å². The first-order chi connectivity index (χ1) is 11.2. The van der Waals surface area contributed by atoms with Crippen LogP contribution >= 0.6 is 0 Å². The molecule has 23 heavy (non-hydrogen) atoms. The zero-order valence-corrected chi connectivity index (χ0v) is 15.0. The van der Waals surface area contributed by atoms with Crippen LogP contribution in [0.1, 0.15) is 51.4 Å². The molecule has 4 heteroatoms. The van der Waals surface area contributed by atoms with Crippen LogP contribution in [0, 0.1) is 5.92 Å². The van der Waals surface area contributed by atoms with E-state index < -0.39 is 0 Å². The Labute approximate surface area is 141 Å². The Bertz CT molecular complexity index is 390. The molecule has 0 aromatic heterocycles. The van der Waals surface area contributed by atoms with E-state index in [0.29, 0.717) is 23.9 Å². The summed E-state index contributed by atoms with van der Waals surface area (Å²) in [5.74, 6) is 0.949. The number of nitrogens with zero attached hydrogens (tertiary/aromatic N) is 2. The van der Waals surface area contributed by atoms with Gasteiger partial charge in [0.05, 0.1) is 18.3 Å². The molecule has 4 nitrogen and oxygen atoms in total. The van der Waals surface area contributed by atoms with Crippen molar-refractivity contribution in [3.8, 4) is 0 Å². The number of likely N-dealkylation sites (tertiary alicyclic amines) is 2. The Kier molecular flexibility index (Phi) is 4.70. The van der Waals surface area contributed by atoms with Crippen molar-refractivity contribution in [2.45, 2.75) is 75.2 Å². The van der Waals surface area contributed by atoms with Crippen molar-refractivity contribution in [3.63, 3.8) is 0 Å². The second kappa shape index (κ2) is 6.62. The van der Waals surface area contributed by atoms with E-state index in [0.717, 1.165) is 18.8 Å². The minimum absolute atomic E-state index is 0.458. The third kappa shape index (κ3) is 3.33. The number of methoxy groups -OCH3 is 1. The lowest BCUT2D eigenvalue weighted by molar-refractivity contribution is -0.129. The maximum atomic E-state index is 6.29. The average molecular weight is 322 g/mol. The smallest absolute Gasteiger partial charge is 0.0628 e. The molecule has 4 rings (SSSR count). The quantitative estimate of drug-likeness (QED) is 0.776. The Morgan fingerprint density at radius 3 is 2.04 bits per heavy atom. The minimum atomic E-state index is 0.458. The van der Waals surface area contributed by atoms with Crippen LogP contribution in [0.2, 0.25) is 0 Å². The van der Waals surface area contributed by atoms with Gasteiger partial charge < -0.3 is 14.4 Å². The summed E-state index contributed by atoms with van der Waals surface area (Å²) in [7, 11) is 4.09. The molecule has 0 N–H and O–H groups in total. The van der Waals surface area contributed by atoms with Crippen LogP contribution in [0.3, 0.4) is 0 Å². The minimum Gasteiger partial charge on any atom is -0.381 e. The van der Waals surface area contributed by atoms with Gasteiger partial charge in [0.1, 0.15) is 0 Å². The van der Waals surface area contributed by atoms with E-state index in [9.17, 15) is 0 Å². The van der Waals surface area contributed by atoms with Crippen molar-refractivity contribution in [2.24, 2.45) is 5.92 Å². The molecule has 0 radical (unpaired) electrons. The van der Waals surface area contributed by atoms with Crippen LogP contribution in [-0.2, 0) is 9.47 Å². The zero-order valence-electron chi connectivity index (χ0n) is 15.0. The fraction of sp³-hybridized carbons (Fsp3) is 1.00. The third-order valence-corrected chi connectivity index (χ3v) is 7.08. The highest BCUT2D eigenvalue weighted by molar-refractivity contribution is 5.09. The van der Waals surface area contributed by atoms with E-state index in [2.05, 4.69) is 16.8 Å². The Morgan fingerprint density at radius 1 is 0.826 bits per heavy atom. The molecule has 0 spiro atoms. The van der Waals surface area contributed by atoms with Crippen LogP contribution in [0.4, 0.5) is 0 Å². The standard InChI is InChI=1S/C19H34N2O2/c1-20-9-3-15(4-10-20)19(7-8-19)21-11-5-16(6-12-21)23-18-13-17(14-18)22-2/h15-18H,3-14H2,1-2H3/t17-,18-. The predicted octanol–water partition coefficient (Wildman–Crippen LogP) is 2.52. The number of piperidine rings is 2. The van der Waals surface area contributed by atoms with Crippen molar-refractivity contribution >= 4 is 0 Å². The first kappa shape index (κ1) is 16.3. The average Bonchev–Trinajstić information content (AvgIpc) is 3.33. The highest BCUT2D eigenvalue weighted by Crippen LogP contribution is 2.52. The van der Waals surface area contributed by atoms with Crippen molar-refractivity contribution in [1.82, 2.24) is 9.80 Å². The van der Waals surface area contributed by atoms with Gasteiger partial charge in [-0.3, -0.25) is 4.90 Å². The Balaban J connectivity index is 1.23. The fourth-order valence-corrected chi connectivity index (χ4v) is 5.19. The highest BCUT2D eigenvalue weighted by atomic mass is 16.5. The van der Waals surface area contributed by atoms with Gasteiger partial charge in [0.25, 0.3) is 0 Å². The van der Waals surface area contributed by atoms with E-state index in [4.69, 9.17) is 9.47 Å². The van der Waals surface area contributed by atoms with Gasteiger partial charge in [-0.2, -0.15) is 0 Å². The lowest BCUT2D eigenvalue weighted by Crippen LogP contribution is -2.51. The molecule has 2 saturated carbocycles. The monoisotopic (exact) mass is 322 g/mol. The lowest BCUT2D eigenvalue weighted by Gasteiger charge is -2.45. The predicted molar refractivity (Wildman–Crippen MR) is 91.7 cm³/mol. The molecule has 0 atom stereocenters. The van der Waals surface area contributed by atoms with Crippen LogP contribution in [0.5, 0.6) is 0 Å². The highest BCUT2D eigenvalue weighted by Gasteiger charge is 2.54. The molecule has 2 aliphatic heterocycles. The van der Waals surface area contributed by atoms with Crippen molar-refractivity contribution in [3.05, 3.63) is 0 Å². The van der Waals surface area contributed by atoms with E-state index in [1.54, 1.807) is 0 Å². The molecule has 0 unspecified atom stereocenters. The summed E-state index contributed by atoms with van der Waals surface area (Å²) in [6, 6.07) is 0. The molecule has 4 fully saturated rings. The lowest BCUT2D eigenvalue weighted by atomic mass is 9.85. The van der Waals surface area contributed by atoms with Crippen LogP contribution in [0.25, 0.3) is 0 Å². The van der Waals surface area contributed by atoms with Gasteiger partial charge in [-0.15, -0.1) is 0 Å². The molecule has 0 aromatic carbocycles. The van der Waals surface area contributed by atoms with Gasteiger partial charge >= 0.3 is 0 Å². The van der Waals surface area contributed by atoms with Crippen molar-refractivity contribution in [2.75, 3.05) is 40.3 Å². The molecule has 2 heterocycles. The fourth-order valence-electron chi connectivity index (χ4n) is 5.19. The summed E-state index contributed by atoms with van der Waals surface area (Å²) in [6.45, 7) is 5.12. The molecule has 2 aliphatic carbocycles. The number of hydrogen-bond acceptors (Lipinski definition) is 4. The summed E-state index contributed by atoms with van der Waals surface area (Å²) in [5.41, 5.74) is 0.587. The molecular formula is C19H34N2O2. The first-order valence-electron chi connectivity index (χ1n) is 9.81. The van der Waals surface area contributed by atoms with Crippen LogP contribution in [-0.4, -0.2) is 74.0 Å². The zero-order chi connectivity index (χ0) is 15.9. The first-order valence-corrected chi connectivity index (χ1v) is 9.81. The van der Waals surface area contributed by atoms with E-state index in [1.807, 2.05) is 7.11 Å². The topological polar surface area (TPSA) is 24.9 Å². The van der Waals surface area contributed by atoms with Gasteiger partial charge in [0, 0.05) is 25.7 Å². The SMILES string of the molecule is CO[C@H]1C[C@H](OC2CCN(C3(C4CCN(C)CC4)CC3)CC2)C1. The Hall–Kier alpha value is -0.160. The van der Waals surface area contributed by atoms with Gasteiger partial charge in [-0.05, 0) is 77.4 Å². The second-order valence-corrected chi connectivity index (χ2v) is 8.45. The maximum absolute atomic E-state index is 6.29. The molecule has 0 aromatic rings. The van der Waals surface area contributed by atoms with Gasteiger partial charge in [-0.1, -0.05) is 0 Å². The van der Waals surface area contributed by atoms with Gasteiger partial charge in [0.2, 0.25) is 0 Å². The molecule has 132 valence electrons. The van der Waals surface area contributed by atoms with Crippen LogP contribution in [0.15, 0.2) is 0 Å². The number of ether oxygens (including phenoxy) is 2. The van der Waals surface area contributed by atoms with E-state index in [-0.39, 0.29) is 0 Å². The summed E-state index contributed by atoms with van der Waals surface area (Å²) in [4.78, 5) is 5.35. The van der Waals surface area contributed by atoms with Crippen molar-refractivity contribution < 1.29 is 9.47 Å². The summed E-state index contributed by atoms with van der Waals surface area (Å²) in [5, 5.41) is 0. The van der Waals surface area contributed by atoms with E-state index in [1.165, 1.54) is 64.7 Å². The molecule has 0 amide bonds. The van der Waals surface area contributed by atoms with E-state index >= 15 is 0 Å². The largest absolute Gasteiger partial charge is 0.381 e. The molecule has 2 saturated heterocycles. The Morgan fingerprint density at radius 2 is 1.48 bits per heavy atom. The molecule has 4 aliphatic rings. The summed E-state index contributed by atoms with van der Waals surface area (Å²) >= 11 is 0. The summed E-state index contributed by atoms with van der Waals surface area (Å²) in [6.07, 6.45) is 11.8. The van der Waals surface area contributed by atoms with Crippen LogP contribution < -0.4 is 0 Å². The number of rotatable bonds is 5. The third-order valence-electron chi connectivity index (χ3n) is 7.08. The normalized spacial score (nSPS) is 36.8. The van der Waals surface area contributed by atoms with Gasteiger partial charge in [-0.25, -0.2) is 0 Å². The van der Waals surface area contributed by atoms with Crippen molar-refractivity contribution in [1.29, 1.82) is 0 Å². The molecule has 0 bridgehead atoms. The molecular weight excluding hydrogens is 288 g/mol.